The number of nitrogens with one attached hydrogen (secondary N) is 2. The number of benzene rings is 1. The third-order valence-electron chi connectivity index (χ3n) is 3.19. The molecule has 1 atom stereocenters. The highest BCUT2D eigenvalue weighted by Gasteiger charge is 2.21. The molecule has 3 nitrogen and oxygen atoms in total. The average molecular weight is 297 g/mol. The maximum absolute atomic E-state index is 11.8. The number of aryl methyl sites for hydroxylation is 1. The van der Waals surface area contributed by atoms with Crippen molar-refractivity contribution in [3.63, 3.8) is 0 Å². The molecule has 1 fully saturated rings. The molecule has 2 rings (SSSR count). The van der Waals surface area contributed by atoms with Gasteiger partial charge in [0.25, 0.3) is 0 Å². The second-order valence-corrected chi connectivity index (χ2v) is 5.39. The van der Waals surface area contributed by atoms with Gasteiger partial charge in [0, 0.05) is 17.6 Å². The first-order valence-corrected chi connectivity index (χ1v) is 6.69. The molecule has 4 heteroatoms. The van der Waals surface area contributed by atoms with Gasteiger partial charge in [-0.3, -0.25) is 4.79 Å². The van der Waals surface area contributed by atoms with E-state index in [0.29, 0.717) is 6.54 Å². The Balaban J connectivity index is 1.90. The zero-order valence-corrected chi connectivity index (χ0v) is 11.5. The van der Waals surface area contributed by atoms with E-state index in [2.05, 4.69) is 39.6 Å². The minimum absolute atomic E-state index is 0.144. The molecule has 0 aromatic heterocycles. The number of hydrogen-bond donors (Lipinski definition) is 2. The lowest BCUT2D eigenvalue weighted by Gasteiger charge is -2.11. The molecule has 92 valence electrons. The summed E-state index contributed by atoms with van der Waals surface area (Å²) >= 11 is 3.43. The van der Waals surface area contributed by atoms with E-state index in [1.807, 2.05) is 12.1 Å². The summed E-state index contributed by atoms with van der Waals surface area (Å²) in [7, 11) is 0. The van der Waals surface area contributed by atoms with Crippen molar-refractivity contribution < 1.29 is 4.79 Å². The lowest BCUT2D eigenvalue weighted by atomic mass is 10.1. The Morgan fingerprint density at radius 3 is 3.06 bits per heavy atom. The molecule has 1 aliphatic heterocycles. The van der Waals surface area contributed by atoms with Crippen LogP contribution in [0.4, 0.5) is 0 Å². The quantitative estimate of drug-likeness (QED) is 0.896. The molecule has 0 radical (unpaired) electrons. The van der Waals surface area contributed by atoms with Crippen LogP contribution in [0, 0.1) is 12.8 Å². The molecule has 0 saturated carbocycles. The maximum Gasteiger partial charge on any atom is 0.224 e. The second-order valence-electron chi connectivity index (χ2n) is 4.48. The fraction of sp³-hybridized carbons (Fsp3) is 0.462. The summed E-state index contributed by atoms with van der Waals surface area (Å²) in [5, 5.41) is 6.21. The van der Waals surface area contributed by atoms with Crippen LogP contribution in [-0.2, 0) is 11.3 Å². The van der Waals surface area contributed by atoms with E-state index in [-0.39, 0.29) is 11.8 Å². The van der Waals surface area contributed by atoms with Crippen molar-refractivity contribution in [1.82, 2.24) is 10.6 Å². The van der Waals surface area contributed by atoms with Crippen molar-refractivity contribution in [2.45, 2.75) is 19.9 Å². The normalized spacial score (nSPS) is 19.3. The first-order valence-electron chi connectivity index (χ1n) is 5.90. The van der Waals surface area contributed by atoms with Gasteiger partial charge in [0.15, 0.2) is 0 Å². The van der Waals surface area contributed by atoms with Gasteiger partial charge in [-0.1, -0.05) is 22.0 Å². The summed E-state index contributed by atoms with van der Waals surface area (Å²) in [5.41, 5.74) is 2.37. The highest BCUT2D eigenvalue weighted by atomic mass is 79.9. The molecular formula is C13H17BrN2O. The molecule has 1 aliphatic rings. The van der Waals surface area contributed by atoms with Crippen LogP contribution in [0.1, 0.15) is 17.5 Å². The Hall–Kier alpha value is -0.870. The molecular weight excluding hydrogens is 280 g/mol. The number of halogens is 1. The zero-order valence-electron chi connectivity index (χ0n) is 9.92. The van der Waals surface area contributed by atoms with Crippen LogP contribution in [-0.4, -0.2) is 19.0 Å². The molecule has 1 heterocycles. The van der Waals surface area contributed by atoms with Crippen LogP contribution in [0.3, 0.4) is 0 Å². The number of amides is 1. The monoisotopic (exact) mass is 296 g/mol. The Bertz CT molecular complexity index is 414. The van der Waals surface area contributed by atoms with Crippen molar-refractivity contribution in [2.75, 3.05) is 13.1 Å². The average Bonchev–Trinajstić information content (AvgIpc) is 2.81. The lowest BCUT2D eigenvalue weighted by Crippen LogP contribution is -2.31. The number of carbonyl (C=O) groups is 1. The standard InChI is InChI=1S/C13H17BrN2O/c1-9-6-12(14)3-2-10(9)8-16-13(17)11-4-5-15-7-11/h2-3,6,11,15H,4-5,7-8H2,1H3,(H,16,17). The molecule has 1 amide bonds. The number of hydrogen-bond acceptors (Lipinski definition) is 2. The summed E-state index contributed by atoms with van der Waals surface area (Å²) in [4.78, 5) is 11.8. The largest absolute Gasteiger partial charge is 0.352 e. The smallest absolute Gasteiger partial charge is 0.224 e. The summed E-state index contributed by atoms with van der Waals surface area (Å²) in [6, 6.07) is 6.12. The minimum Gasteiger partial charge on any atom is -0.352 e. The van der Waals surface area contributed by atoms with Crippen LogP contribution >= 0.6 is 15.9 Å². The van der Waals surface area contributed by atoms with Gasteiger partial charge in [-0.2, -0.15) is 0 Å². The van der Waals surface area contributed by atoms with Crippen LogP contribution in [0.25, 0.3) is 0 Å². The molecule has 17 heavy (non-hydrogen) atoms. The molecule has 1 aromatic rings. The fourth-order valence-corrected chi connectivity index (χ4v) is 2.54. The molecule has 1 saturated heterocycles. The van der Waals surface area contributed by atoms with Crippen molar-refractivity contribution >= 4 is 21.8 Å². The lowest BCUT2D eigenvalue weighted by molar-refractivity contribution is -0.124. The van der Waals surface area contributed by atoms with Gasteiger partial charge in [0.1, 0.15) is 0 Å². The van der Waals surface area contributed by atoms with Gasteiger partial charge in [0.05, 0.1) is 5.92 Å². The first-order chi connectivity index (χ1) is 8.16. The molecule has 1 aromatic carbocycles. The Labute approximate surface area is 110 Å². The van der Waals surface area contributed by atoms with Crippen molar-refractivity contribution in [3.05, 3.63) is 33.8 Å². The van der Waals surface area contributed by atoms with Crippen molar-refractivity contribution in [1.29, 1.82) is 0 Å². The van der Waals surface area contributed by atoms with E-state index in [4.69, 9.17) is 0 Å². The van der Waals surface area contributed by atoms with Gasteiger partial charge in [-0.15, -0.1) is 0 Å². The first kappa shape index (κ1) is 12.6. The van der Waals surface area contributed by atoms with Gasteiger partial charge in [-0.25, -0.2) is 0 Å². The Morgan fingerprint density at radius 2 is 2.41 bits per heavy atom. The highest BCUT2D eigenvalue weighted by Crippen LogP contribution is 2.16. The molecule has 1 unspecified atom stereocenters. The van der Waals surface area contributed by atoms with E-state index < -0.39 is 0 Å². The third kappa shape index (κ3) is 3.30. The van der Waals surface area contributed by atoms with Gasteiger partial charge >= 0.3 is 0 Å². The molecule has 0 spiro atoms. The SMILES string of the molecule is Cc1cc(Br)ccc1CNC(=O)C1CCNC1. The van der Waals surface area contributed by atoms with E-state index in [1.54, 1.807) is 0 Å². The minimum atomic E-state index is 0.144. The zero-order chi connectivity index (χ0) is 12.3. The molecule has 0 bridgehead atoms. The van der Waals surface area contributed by atoms with Crippen LogP contribution in [0.5, 0.6) is 0 Å². The van der Waals surface area contributed by atoms with Crippen LogP contribution in [0.15, 0.2) is 22.7 Å². The molecule has 2 N–H and O–H groups in total. The highest BCUT2D eigenvalue weighted by molar-refractivity contribution is 9.10. The van der Waals surface area contributed by atoms with E-state index in [9.17, 15) is 4.79 Å². The predicted octanol–water partition coefficient (Wildman–Crippen LogP) is 1.98. The van der Waals surface area contributed by atoms with Gasteiger partial charge in [0.2, 0.25) is 5.91 Å². The van der Waals surface area contributed by atoms with E-state index in [1.165, 1.54) is 11.1 Å². The second kappa shape index (κ2) is 5.65. The third-order valence-corrected chi connectivity index (χ3v) is 3.68. The molecule has 0 aliphatic carbocycles. The van der Waals surface area contributed by atoms with Crippen molar-refractivity contribution in [3.8, 4) is 0 Å². The van der Waals surface area contributed by atoms with E-state index >= 15 is 0 Å². The topological polar surface area (TPSA) is 41.1 Å². The summed E-state index contributed by atoms with van der Waals surface area (Å²) < 4.78 is 1.07. The number of rotatable bonds is 3. The Morgan fingerprint density at radius 1 is 1.59 bits per heavy atom. The van der Waals surface area contributed by atoms with Crippen molar-refractivity contribution in [2.24, 2.45) is 5.92 Å². The summed E-state index contributed by atoms with van der Waals surface area (Å²) in [6.45, 7) is 4.44. The fourth-order valence-electron chi connectivity index (χ4n) is 2.06. The van der Waals surface area contributed by atoms with Crippen LogP contribution in [0.2, 0.25) is 0 Å². The van der Waals surface area contributed by atoms with Crippen LogP contribution < -0.4 is 10.6 Å². The van der Waals surface area contributed by atoms with E-state index in [0.717, 1.165) is 24.0 Å². The predicted molar refractivity (Wildman–Crippen MR) is 71.7 cm³/mol. The Kier molecular flexibility index (Phi) is 4.18. The maximum atomic E-state index is 11.8. The number of carbonyl (C=O) groups excluding carboxylic acids is 1. The summed E-state index contributed by atoms with van der Waals surface area (Å²) in [6.07, 6.45) is 0.950. The summed E-state index contributed by atoms with van der Waals surface area (Å²) in [5.74, 6) is 0.308. The van der Waals surface area contributed by atoms with Gasteiger partial charge < -0.3 is 10.6 Å². The van der Waals surface area contributed by atoms with Gasteiger partial charge in [-0.05, 0) is 43.1 Å².